The van der Waals surface area contributed by atoms with Gasteiger partial charge in [0.05, 0.1) is 0 Å². The van der Waals surface area contributed by atoms with Crippen LogP contribution in [0.15, 0.2) is 30.3 Å². The first-order chi connectivity index (χ1) is 8.55. The number of nitrogens with one attached hydrogen (secondary N) is 1. The molecule has 0 heterocycles. The number of carbonyl (C=O) groups excluding carboxylic acids is 1. The smallest absolute Gasteiger partial charge is 0.219 e. The Bertz CT molecular complexity index is 529. The first-order valence-electron chi connectivity index (χ1n) is 5.54. The number of unbranched alkanes of at least 4 members (excludes halogenated alkanes) is 1. The van der Waals surface area contributed by atoms with E-state index in [1.165, 1.54) is 0 Å². The van der Waals surface area contributed by atoms with Crippen LogP contribution in [0.1, 0.15) is 23.2 Å². The Balaban J connectivity index is 2.51. The van der Waals surface area contributed by atoms with Gasteiger partial charge in [0, 0.05) is 18.5 Å². The molecule has 0 amide bonds. The summed E-state index contributed by atoms with van der Waals surface area (Å²) in [4.78, 5) is 11.7. The Labute approximate surface area is 107 Å². The summed E-state index contributed by atoms with van der Waals surface area (Å²) in [6.45, 7) is 0.259. The Kier molecular flexibility index (Phi) is 5.56. The second-order valence-electron chi connectivity index (χ2n) is 3.75. The summed E-state index contributed by atoms with van der Waals surface area (Å²) in [5.41, 5.74) is 0.395. The van der Waals surface area contributed by atoms with E-state index in [0.717, 1.165) is 0 Å². The van der Waals surface area contributed by atoms with Crippen molar-refractivity contribution in [3.05, 3.63) is 35.9 Å². The van der Waals surface area contributed by atoms with E-state index in [1.54, 1.807) is 30.3 Å². The molecule has 0 radical (unpaired) electrons. The molecule has 0 aliphatic rings. The van der Waals surface area contributed by atoms with Crippen LogP contribution < -0.4 is 4.72 Å². The average Bonchev–Trinajstić information content (AvgIpc) is 2.35. The predicted molar refractivity (Wildman–Crippen MR) is 70.6 cm³/mol. The van der Waals surface area contributed by atoms with Crippen LogP contribution >= 0.6 is 0 Å². The van der Waals surface area contributed by atoms with E-state index in [2.05, 4.69) is 10.6 Å². The highest BCUT2D eigenvalue weighted by atomic mass is 32.2. The highest BCUT2D eigenvalue weighted by Crippen LogP contribution is 2.02. The third-order valence-corrected chi connectivity index (χ3v) is 3.52. The minimum atomic E-state index is -3.58. The van der Waals surface area contributed by atoms with Crippen LogP contribution in [-0.2, 0) is 10.0 Å². The zero-order chi connectivity index (χ0) is 13.4. The summed E-state index contributed by atoms with van der Waals surface area (Å²) in [6, 6.07) is 8.34. The molecule has 18 heavy (non-hydrogen) atoms. The van der Waals surface area contributed by atoms with Gasteiger partial charge in [0.2, 0.25) is 10.0 Å². The van der Waals surface area contributed by atoms with E-state index >= 15 is 0 Å². The lowest BCUT2D eigenvalue weighted by molar-refractivity contribution is 0.102. The molecule has 0 atom stereocenters. The fourth-order valence-electron chi connectivity index (χ4n) is 1.35. The number of rotatable bonds is 7. The van der Waals surface area contributed by atoms with Crippen molar-refractivity contribution in [1.29, 1.82) is 0 Å². The predicted octanol–water partition coefficient (Wildman–Crippen LogP) is 1.20. The van der Waals surface area contributed by atoms with Crippen molar-refractivity contribution < 1.29 is 13.2 Å². The van der Waals surface area contributed by atoms with Gasteiger partial charge in [-0.3, -0.25) is 4.79 Å². The van der Waals surface area contributed by atoms with Gasteiger partial charge < -0.3 is 0 Å². The maximum Gasteiger partial charge on any atom is 0.219 e. The Morgan fingerprint density at radius 1 is 1.28 bits per heavy atom. The number of terminal acetylenes is 1. The van der Waals surface area contributed by atoms with Crippen LogP contribution in [0.2, 0.25) is 0 Å². The van der Waals surface area contributed by atoms with Gasteiger partial charge in [-0.1, -0.05) is 30.3 Å². The van der Waals surface area contributed by atoms with Crippen molar-refractivity contribution in [2.45, 2.75) is 12.8 Å². The van der Waals surface area contributed by atoms with E-state index in [1.807, 2.05) is 0 Å². The van der Waals surface area contributed by atoms with Gasteiger partial charge in [0.1, 0.15) is 5.75 Å². The lowest BCUT2D eigenvalue weighted by atomic mass is 10.2. The van der Waals surface area contributed by atoms with Crippen LogP contribution in [0.4, 0.5) is 0 Å². The average molecular weight is 265 g/mol. The minimum absolute atomic E-state index is 0.259. The molecule has 0 aromatic heterocycles. The SMILES string of the molecule is C#CCCCNS(=O)(=O)CC(=O)c1ccccc1. The topological polar surface area (TPSA) is 63.2 Å². The molecule has 0 saturated carbocycles. The van der Waals surface area contributed by atoms with Gasteiger partial charge in [0.15, 0.2) is 5.78 Å². The fraction of sp³-hybridized carbons (Fsp3) is 0.308. The molecular weight excluding hydrogens is 250 g/mol. The zero-order valence-corrected chi connectivity index (χ0v) is 10.7. The summed E-state index contributed by atoms with van der Waals surface area (Å²) in [5.74, 6) is 1.47. The number of hydrogen-bond donors (Lipinski definition) is 1. The third-order valence-electron chi connectivity index (χ3n) is 2.24. The van der Waals surface area contributed by atoms with Crippen molar-refractivity contribution in [2.75, 3.05) is 12.3 Å². The maximum absolute atomic E-state index is 11.7. The normalized spacial score (nSPS) is 10.8. The molecule has 0 bridgehead atoms. The Morgan fingerprint density at radius 3 is 2.56 bits per heavy atom. The molecule has 96 valence electrons. The van der Waals surface area contributed by atoms with Crippen LogP contribution in [0, 0.1) is 12.3 Å². The van der Waals surface area contributed by atoms with Gasteiger partial charge in [0.25, 0.3) is 0 Å². The van der Waals surface area contributed by atoms with Crippen molar-refractivity contribution in [2.24, 2.45) is 0 Å². The number of sulfonamides is 1. The summed E-state index contributed by atoms with van der Waals surface area (Å²) in [6.07, 6.45) is 6.13. The monoisotopic (exact) mass is 265 g/mol. The molecule has 0 saturated heterocycles. The van der Waals surface area contributed by atoms with Crippen molar-refractivity contribution >= 4 is 15.8 Å². The number of carbonyl (C=O) groups is 1. The van der Waals surface area contributed by atoms with Crippen LogP contribution in [-0.4, -0.2) is 26.5 Å². The molecular formula is C13H15NO3S. The first kappa shape index (κ1) is 14.4. The van der Waals surface area contributed by atoms with E-state index in [-0.39, 0.29) is 6.54 Å². The second kappa shape index (κ2) is 6.94. The fourth-order valence-corrected chi connectivity index (χ4v) is 2.42. The molecule has 4 nitrogen and oxygen atoms in total. The molecule has 5 heteroatoms. The molecule has 1 aromatic carbocycles. The van der Waals surface area contributed by atoms with Gasteiger partial charge in [-0.15, -0.1) is 12.3 Å². The van der Waals surface area contributed by atoms with Crippen LogP contribution in [0.25, 0.3) is 0 Å². The van der Waals surface area contributed by atoms with Gasteiger partial charge in [-0.25, -0.2) is 13.1 Å². The molecule has 1 N–H and O–H groups in total. The highest BCUT2D eigenvalue weighted by molar-refractivity contribution is 7.90. The van der Waals surface area contributed by atoms with Crippen molar-refractivity contribution in [3.8, 4) is 12.3 Å². The Hall–Kier alpha value is -1.64. The second-order valence-corrected chi connectivity index (χ2v) is 5.56. The van der Waals surface area contributed by atoms with Crippen LogP contribution in [0.5, 0.6) is 0 Å². The molecule has 0 spiro atoms. The van der Waals surface area contributed by atoms with Gasteiger partial charge in [-0.2, -0.15) is 0 Å². The number of Topliss-reactive ketones (excluding diaryl/α,β-unsaturated/α-hetero) is 1. The summed E-state index contributed by atoms with van der Waals surface area (Å²) < 4.78 is 25.5. The zero-order valence-electron chi connectivity index (χ0n) is 9.93. The summed E-state index contributed by atoms with van der Waals surface area (Å²) in [5, 5.41) is 0. The molecule has 0 aliphatic carbocycles. The molecule has 0 fully saturated rings. The number of ketones is 1. The quantitative estimate of drug-likeness (QED) is 0.458. The number of benzene rings is 1. The van der Waals surface area contributed by atoms with Gasteiger partial charge >= 0.3 is 0 Å². The first-order valence-corrected chi connectivity index (χ1v) is 7.19. The number of hydrogen-bond acceptors (Lipinski definition) is 3. The lowest BCUT2D eigenvalue weighted by Crippen LogP contribution is -2.30. The third kappa shape index (κ3) is 5.13. The van der Waals surface area contributed by atoms with Gasteiger partial charge in [-0.05, 0) is 6.42 Å². The minimum Gasteiger partial charge on any atom is -0.293 e. The summed E-state index contributed by atoms with van der Waals surface area (Å²) >= 11 is 0. The molecule has 0 aliphatic heterocycles. The maximum atomic E-state index is 11.7. The van der Waals surface area contributed by atoms with E-state index in [0.29, 0.717) is 18.4 Å². The lowest BCUT2D eigenvalue weighted by Gasteiger charge is -2.05. The molecule has 1 aromatic rings. The largest absolute Gasteiger partial charge is 0.293 e. The highest BCUT2D eigenvalue weighted by Gasteiger charge is 2.16. The standard InChI is InChI=1S/C13H15NO3S/c1-2-3-7-10-14-18(16,17)11-13(15)12-8-5-4-6-9-12/h1,4-6,8-9,14H,3,7,10-11H2. The molecule has 0 unspecified atom stereocenters. The van der Waals surface area contributed by atoms with E-state index in [9.17, 15) is 13.2 Å². The van der Waals surface area contributed by atoms with E-state index in [4.69, 9.17) is 6.42 Å². The molecule has 1 rings (SSSR count). The Morgan fingerprint density at radius 2 is 1.94 bits per heavy atom. The van der Waals surface area contributed by atoms with Crippen molar-refractivity contribution in [1.82, 2.24) is 4.72 Å². The summed E-state index contributed by atoms with van der Waals surface area (Å²) in [7, 11) is -3.58. The van der Waals surface area contributed by atoms with E-state index < -0.39 is 21.6 Å². The van der Waals surface area contributed by atoms with Crippen molar-refractivity contribution in [3.63, 3.8) is 0 Å². The van der Waals surface area contributed by atoms with Crippen LogP contribution in [0.3, 0.4) is 0 Å².